The van der Waals surface area contributed by atoms with Gasteiger partial charge in [0, 0.05) is 10.8 Å². The van der Waals surface area contributed by atoms with E-state index in [0.29, 0.717) is 12.3 Å². The minimum absolute atomic E-state index is 0.0265. The molecule has 1 aliphatic heterocycles. The van der Waals surface area contributed by atoms with Crippen molar-refractivity contribution < 1.29 is 28.7 Å². The molecule has 1 spiro atoms. The molecule has 0 unspecified atom stereocenters. The van der Waals surface area contributed by atoms with Gasteiger partial charge in [-0.2, -0.15) is 11.8 Å². The van der Waals surface area contributed by atoms with Crippen molar-refractivity contribution in [2.45, 2.75) is 78.7 Å². The summed E-state index contributed by atoms with van der Waals surface area (Å²) in [6.07, 6.45) is 10.1. The van der Waals surface area contributed by atoms with Gasteiger partial charge in [0.2, 0.25) is 5.91 Å². The van der Waals surface area contributed by atoms with Crippen molar-refractivity contribution in [3.8, 4) is 0 Å². The highest BCUT2D eigenvalue weighted by atomic mass is 32.2. The lowest BCUT2D eigenvalue weighted by Crippen LogP contribution is -2.66. The van der Waals surface area contributed by atoms with Gasteiger partial charge >= 0.3 is 17.9 Å². The number of amides is 1. The molecular formula is C30H43NO6S. The SMILES string of the molecule is COC(=O)[C@H](CCSC)NC(=O)[C@]1(C)CCC[C@]2(C)[C@H]3C[C@H]4C(C(C)C)=C[C@]3(CC[C@H]21)[C@@H]1C(=O)OC(=O)[C@@H]14. The molecule has 0 radical (unpaired) electrons. The summed E-state index contributed by atoms with van der Waals surface area (Å²) in [5.41, 5.74) is 0.140. The number of rotatable bonds is 7. The van der Waals surface area contributed by atoms with Crippen molar-refractivity contribution in [1.82, 2.24) is 5.32 Å². The number of fused-ring (bicyclic) bond motifs is 1. The quantitative estimate of drug-likeness (QED) is 0.285. The Morgan fingerprint density at radius 3 is 2.55 bits per heavy atom. The van der Waals surface area contributed by atoms with Crippen LogP contribution >= 0.6 is 11.8 Å². The number of carbonyl (C=O) groups is 4. The number of allylic oxidation sites excluding steroid dienone is 2. The van der Waals surface area contributed by atoms with Gasteiger partial charge in [-0.15, -0.1) is 0 Å². The predicted octanol–water partition coefficient (Wildman–Crippen LogP) is 4.54. The summed E-state index contributed by atoms with van der Waals surface area (Å²) in [5.74, 6) is -0.488. The third kappa shape index (κ3) is 3.82. The fourth-order valence-electron chi connectivity index (χ4n) is 9.73. The second-order valence-corrected chi connectivity index (χ2v) is 14.2. The second kappa shape index (κ2) is 9.67. The maximum Gasteiger partial charge on any atom is 0.328 e. The normalized spacial score (nSPS) is 42.0. The van der Waals surface area contributed by atoms with E-state index in [0.717, 1.165) is 44.3 Å². The lowest BCUT2D eigenvalue weighted by atomic mass is 9.34. The van der Waals surface area contributed by atoms with Gasteiger partial charge in [-0.1, -0.05) is 45.8 Å². The highest BCUT2D eigenvalue weighted by Gasteiger charge is 2.73. The van der Waals surface area contributed by atoms with E-state index in [2.05, 4.69) is 39.1 Å². The van der Waals surface area contributed by atoms with E-state index < -0.39 is 28.8 Å². The average molecular weight is 546 g/mol. The van der Waals surface area contributed by atoms with Crippen LogP contribution in [-0.2, 0) is 28.7 Å². The van der Waals surface area contributed by atoms with Crippen LogP contribution in [-0.4, -0.2) is 49.0 Å². The molecule has 38 heavy (non-hydrogen) atoms. The van der Waals surface area contributed by atoms with E-state index in [1.807, 2.05) is 6.26 Å². The molecule has 5 aliphatic carbocycles. The zero-order valence-electron chi connectivity index (χ0n) is 23.6. The lowest BCUT2D eigenvalue weighted by Gasteiger charge is -2.68. The van der Waals surface area contributed by atoms with E-state index in [4.69, 9.17) is 9.47 Å². The standard InChI is InChI=1S/C30H43NO6S/c1-16(2)18-15-30-12-8-20-28(3,21(30)14-17(18)22-23(30)26(34)37-25(22)33)10-7-11-29(20,4)27(35)31-19(9-13-38-6)24(32)36-5/h15-17,19-23H,7-14H2,1-6H3,(H,31,35)/t17-,19-,20+,21+,22+,23-,28-,29+,30-/m0/s1. The number of nitrogens with one attached hydrogen (secondary N) is 1. The number of hydrogen-bond acceptors (Lipinski definition) is 7. The van der Waals surface area contributed by atoms with Gasteiger partial charge in [-0.25, -0.2) is 4.79 Å². The molecule has 1 N–H and O–H groups in total. The Bertz CT molecular complexity index is 1070. The Balaban J connectivity index is 1.49. The molecule has 1 saturated heterocycles. The molecule has 7 nitrogen and oxygen atoms in total. The molecule has 9 atom stereocenters. The van der Waals surface area contributed by atoms with Crippen LogP contribution in [0.5, 0.6) is 0 Å². The molecule has 0 aromatic heterocycles. The van der Waals surface area contributed by atoms with Crippen molar-refractivity contribution in [2.75, 3.05) is 19.1 Å². The Labute approximate surface area is 230 Å². The van der Waals surface area contributed by atoms with E-state index >= 15 is 0 Å². The Morgan fingerprint density at radius 2 is 1.89 bits per heavy atom. The van der Waals surface area contributed by atoms with Crippen LogP contribution in [0.3, 0.4) is 0 Å². The maximum atomic E-state index is 14.0. The summed E-state index contributed by atoms with van der Waals surface area (Å²) in [6, 6.07) is -0.651. The predicted molar refractivity (Wildman–Crippen MR) is 145 cm³/mol. The number of esters is 3. The molecule has 2 bridgehead atoms. The second-order valence-electron chi connectivity index (χ2n) is 13.2. The first-order chi connectivity index (χ1) is 17.9. The van der Waals surface area contributed by atoms with E-state index in [9.17, 15) is 19.2 Å². The van der Waals surface area contributed by atoms with Gasteiger partial charge in [0.25, 0.3) is 0 Å². The van der Waals surface area contributed by atoms with Gasteiger partial charge in [0.15, 0.2) is 0 Å². The van der Waals surface area contributed by atoms with Crippen LogP contribution in [0.15, 0.2) is 11.6 Å². The largest absolute Gasteiger partial charge is 0.467 e. The van der Waals surface area contributed by atoms with E-state index in [1.165, 1.54) is 12.7 Å². The van der Waals surface area contributed by atoms with Crippen LogP contribution in [0, 0.1) is 51.8 Å². The average Bonchev–Trinajstić information content (AvgIpc) is 3.20. The van der Waals surface area contributed by atoms with Gasteiger partial charge < -0.3 is 14.8 Å². The minimum atomic E-state index is -0.651. The van der Waals surface area contributed by atoms with Gasteiger partial charge in [0.05, 0.1) is 18.9 Å². The first-order valence-corrected chi connectivity index (χ1v) is 15.7. The van der Waals surface area contributed by atoms with Crippen molar-refractivity contribution in [3.05, 3.63) is 11.6 Å². The van der Waals surface area contributed by atoms with E-state index in [-0.39, 0.29) is 46.9 Å². The number of hydrogen-bond donors (Lipinski definition) is 1. The molecule has 0 aromatic carbocycles. The highest BCUT2D eigenvalue weighted by molar-refractivity contribution is 7.98. The minimum Gasteiger partial charge on any atom is -0.467 e. The summed E-state index contributed by atoms with van der Waals surface area (Å²) in [4.78, 5) is 52.5. The highest BCUT2D eigenvalue weighted by Crippen LogP contribution is 2.74. The molecule has 3 saturated carbocycles. The van der Waals surface area contributed by atoms with Crippen LogP contribution < -0.4 is 5.32 Å². The van der Waals surface area contributed by atoms with Gasteiger partial charge in [-0.05, 0) is 79.6 Å². The fourth-order valence-corrected chi connectivity index (χ4v) is 10.2. The number of ether oxygens (including phenoxy) is 2. The summed E-state index contributed by atoms with van der Waals surface area (Å²) >= 11 is 1.64. The Kier molecular flexibility index (Phi) is 7.05. The lowest BCUT2D eigenvalue weighted by molar-refractivity contribution is -0.188. The molecule has 210 valence electrons. The molecule has 4 fully saturated rings. The van der Waals surface area contributed by atoms with Crippen molar-refractivity contribution in [3.63, 3.8) is 0 Å². The van der Waals surface area contributed by atoms with E-state index in [1.54, 1.807) is 11.8 Å². The van der Waals surface area contributed by atoms with Crippen molar-refractivity contribution >= 4 is 35.6 Å². The van der Waals surface area contributed by atoms with Crippen LogP contribution in [0.4, 0.5) is 0 Å². The Morgan fingerprint density at radius 1 is 1.16 bits per heavy atom. The zero-order valence-corrected chi connectivity index (χ0v) is 24.4. The maximum absolute atomic E-state index is 14.0. The van der Waals surface area contributed by atoms with Crippen molar-refractivity contribution in [1.29, 1.82) is 0 Å². The number of carbonyl (C=O) groups excluding carboxylic acids is 4. The molecule has 6 rings (SSSR count). The summed E-state index contributed by atoms with van der Waals surface area (Å²) < 4.78 is 10.3. The molecule has 1 heterocycles. The van der Waals surface area contributed by atoms with Crippen molar-refractivity contribution in [2.24, 2.45) is 51.8 Å². The molecule has 6 aliphatic rings. The molecular weight excluding hydrogens is 502 g/mol. The summed E-state index contributed by atoms with van der Waals surface area (Å²) in [6.45, 7) is 8.77. The van der Waals surface area contributed by atoms with Gasteiger partial charge in [0.1, 0.15) is 6.04 Å². The smallest absolute Gasteiger partial charge is 0.328 e. The van der Waals surface area contributed by atoms with Gasteiger partial charge in [-0.3, -0.25) is 14.4 Å². The molecule has 1 amide bonds. The fraction of sp³-hybridized carbons (Fsp3) is 0.800. The topological polar surface area (TPSA) is 98.8 Å². The molecule has 0 aromatic rings. The van der Waals surface area contributed by atoms with Crippen LogP contribution in [0.25, 0.3) is 0 Å². The molecule has 8 heteroatoms. The third-order valence-electron chi connectivity index (χ3n) is 11.3. The number of methoxy groups -OCH3 is 1. The number of thioether (sulfide) groups is 1. The monoisotopic (exact) mass is 545 g/mol. The third-order valence-corrected chi connectivity index (χ3v) is 12.0. The number of cyclic esters (lactones) is 2. The summed E-state index contributed by atoms with van der Waals surface area (Å²) in [7, 11) is 1.36. The van der Waals surface area contributed by atoms with Crippen LogP contribution in [0.1, 0.15) is 72.6 Å². The first kappa shape index (κ1) is 27.7. The first-order valence-electron chi connectivity index (χ1n) is 14.3. The Hall–Kier alpha value is -1.83. The summed E-state index contributed by atoms with van der Waals surface area (Å²) in [5, 5.41) is 3.08. The zero-order chi connectivity index (χ0) is 27.6. The van der Waals surface area contributed by atoms with Crippen LogP contribution in [0.2, 0.25) is 0 Å².